The van der Waals surface area contributed by atoms with Gasteiger partial charge in [0, 0.05) is 41.8 Å². The summed E-state index contributed by atoms with van der Waals surface area (Å²) in [5.74, 6) is 0. The number of fused-ring (bicyclic) bond motifs is 2. The summed E-state index contributed by atoms with van der Waals surface area (Å²) in [5.41, 5.74) is 2.72. The average Bonchev–Trinajstić information content (AvgIpc) is 3.25. The van der Waals surface area contributed by atoms with Crippen LogP contribution in [-0.2, 0) is 10.2 Å². The fourth-order valence-electron chi connectivity index (χ4n) is 4.27. The Hall–Kier alpha value is -1.42. The van der Waals surface area contributed by atoms with Crippen molar-refractivity contribution in [3.8, 4) is 0 Å². The lowest BCUT2D eigenvalue weighted by Gasteiger charge is -2.38. The summed E-state index contributed by atoms with van der Waals surface area (Å²) in [7, 11) is 0. The maximum Gasteiger partial charge on any atom is 0.410 e. The Kier molecular flexibility index (Phi) is 3.95. The molecule has 25 heavy (non-hydrogen) atoms. The first-order chi connectivity index (χ1) is 11.8. The van der Waals surface area contributed by atoms with Crippen LogP contribution in [0.15, 0.2) is 18.2 Å². The number of halogens is 1. The Morgan fingerprint density at radius 1 is 1.24 bits per heavy atom. The highest BCUT2D eigenvalue weighted by Crippen LogP contribution is 2.57. The van der Waals surface area contributed by atoms with E-state index in [9.17, 15) is 4.79 Å². The van der Waals surface area contributed by atoms with Gasteiger partial charge < -0.3 is 14.5 Å². The van der Waals surface area contributed by atoms with Gasteiger partial charge in [0.1, 0.15) is 5.60 Å². The van der Waals surface area contributed by atoms with Crippen LogP contribution in [0.3, 0.4) is 0 Å². The largest absolute Gasteiger partial charge is 0.444 e. The van der Waals surface area contributed by atoms with Gasteiger partial charge in [-0.2, -0.15) is 0 Å². The molecule has 2 aliphatic heterocycles. The van der Waals surface area contributed by atoms with Crippen LogP contribution in [0.1, 0.15) is 52.0 Å². The number of benzene rings is 1. The second-order valence-electron chi connectivity index (χ2n) is 8.77. The zero-order valence-electron chi connectivity index (χ0n) is 15.3. The molecule has 0 aromatic heterocycles. The minimum absolute atomic E-state index is 0.182. The fraction of sp³-hybridized carbons (Fsp3) is 0.650. The third-order valence-electron chi connectivity index (χ3n) is 5.72. The van der Waals surface area contributed by atoms with Gasteiger partial charge in [-0.1, -0.05) is 11.6 Å². The molecule has 5 heteroatoms. The van der Waals surface area contributed by atoms with Crippen LogP contribution in [0.2, 0.25) is 5.02 Å². The summed E-state index contributed by atoms with van der Waals surface area (Å²) >= 11 is 6.24. The van der Waals surface area contributed by atoms with Crippen molar-refractivity contribution in [1.82, 2.24) is 4.90 Å². The molecule has 136 valence electrons. The highest BCUT2D eigenvalue weighted by Gasteiger charge is 2.53. The second-order valence-corrected chi connectivity index (χ2v) is 9.20. The van der Waals surface area contributed by atoms with Gasteiger partial charge in [-0.05, 0) is 70.2 Å². The Balaban J connectivity index is 1.43. The van der Waals surface area contributed by atoms with Crippen LogP contribution < -0.4 is 4.90 Å². The zero-order chi connectivity index (χ0) is 17.8. The first kappa shape index (κ1) is 17.0. The molecule has 0 unspecified atom stereocenters. The number of carbonyl (C=O) groups is 1. The van der Waals surface area contributed by atoms with E-state index in [0.717, 1.165) is 37.5 Å². The summed E-state index contributed by atoms with van der Waals surface area (Å²) in [6.45, 7) is 8.40. The van der Waals surface area contributed by atoms with Crippen molar-refractivity contribution >= 4 is 23.4 Å². The first-order valence-corrected chi connectivity index (χ1v) is 9.70. The van der Waals surface area contributed by atoms with Crippen LogP contribution in [0.4, 0.5) is 10.5 Å². The van der Waals surface area contributed by atoms with E-state index in [1.807, 2.05) is 31.7 Å². The molecule has 1 aromatic carbocycles. The predicted octanol–water partition coefficient (Wildman–Crippen LogP) is 4.59. The fourth-order valence-corrected chi connectivity index (χ4v) is 4.44. The van der Waals surface area contributed by atoms with Crippen LogP contribution in [0.25, 0.3) is 0 Å². The number of ether oxygens (including phenoxy) is 1. The average molecular weight is 363 g/mol. The van der Waals surface area contributed by atoms with Gasteiger partial charge in [-0.3, -0.25) is 0 Å². The van der Waals surface area contributed by atoms with E-state index < -0.39 is 5.60 Å². The minimum Gasteiger partial charge on any atom is -0.444 e. The summed E-state index contributed by atoms with van der Waals surface area (Å²) in [6, 6.07) is 6.86. The number of anilines is 1. The molecular weight excluding hydrogens is 336 g/mol. The molecule has 1 aliphatic carbocycles. The van der Waals surface area contributed by atoms with E-state index >= 15 is 0 Å². The molecule has 1 saturated carbocycles. The molecule has 2 fully saturated rings. The van der Waals surface area contributed by atoms with Crippen LogP contribution in [0.5, 0.6) is 0 Å². The van der Waals surface area contributed by atoms with Gasteiger partial charge in [-0.15, -0.1) is 0 Å². The van der Waals surface area contributed by atoms with Crippen molar-refractivity contribution in [2.45, 2.75) is 63.5 Å². The van der Waals surface area contributed by atoms with E-state index in [2.05, 4.69) is 17.0 Å². The van der Waals surface area contributed by atoms with Crippen molar-refractivity contribution in [3.05, 3.63) is 28.8 Å². The molecule has 0 N–H and O–H groups in total. The van der Waals surface area contributed by atoms with E-state index in [4.69, 9.17) is 16.3 Å². The molecule has 2 heterocycles. The number of hydrogen-bond acceptors (Lipinski definition) is 3. The standard InChI is InChI=1S/C20H27ClN2O2/c1-19(2,3)25-18(24)22-10-6-15(7-11-22)23-13-20(8-9-20)16-12-14(21)4-5-17(16)23/h4-5,12,15H,6-11,13H2,1-3H3. The van der Waals surface area contributed by atoms with E-state index in [1.54, 1.807) is 0 Å². The van der Waals surface area contributed by atoms with Gasteiger partial charge in [0.15, 0.2) is 0 Å². The molecule has 1 amide bonds. The zero-order valence-corrected chi connectivity index (χ0v) is 16.1. The van der Waals surface area contributed by atoms with E-state index in [1.165, 1.54) is 24.1 Å². The van der Waals surface area contributed by atoms with Gasteiger partial charge in [0.25, 0.3) is 0 Å². The molecule has 1 aromatic rings. The van der Waals surface area contributed by atoms with Crippen molar-refractivity contribution in [2.24, 2.45) is 0 Å². The molecule has 1 spiro atoms. The minimum atomic E-state index is -0.431. The molecule has 1 saturated heterocycles. The lowest BCUT2D eigenvalue weighted by Crippen LogP contribution is -2.48. The Bertz CT molecular complexity index is 685. The van der Waals surface area contributed by atoms with Gasteiger partial charge in [0.05, 0.1) is 0 Å². The summed E-state index contributed by atoms with van der Waals surface area (Å²) < 4.78 is 5.51. The topological polar surface area (TPSA) is 32.8 Å². The normalized spacial score (nSPS) is 22.2. The van der Waals surface area contributed by atoms with Crippen molar-refractivity contribution in [3.63, 3.8) is 0 Å². The van der Waals surface area contributed by atoms with Crippen LogP contribution in [0, 0.1) is 0 Å². The number of likely N-dealkylation sites (tertiary alicyclic amines) is 1. The smallest absolute Gasteiger partial charge is 0.410 e. The van der Waals surface area contributed by atoms with E-state index in [0.29, 0.717) is 11.5 Å². The van der Waals surface area contributed by atoms with E-state index in [-0.39, 0.29) is 6.09 Å². The molecule has 0 atom stereocenters. The van der Waals surface area contributed by atoms with Gasteiger partial charge >= 0.3 is 6.09 Å². The summed E-state index contributed by atoms with van der Waals surface area (Å²) in [5, 5.41) is 0.839. The molecule has 0 bridgehead atoms. The first-order valence-electron chi connectivity index (χ1n) is 9.32. The Labute approximate surface area is 155 Å². The molecular formula is C20H27ClN2O2. The third-order valence-corrected chi connectivity index (χ3v) is 5.96. The van der Waals surface area contributed by atoms with Gasteiger partial charge in [-0.25, -0.2) is 4.79 Å². The highest BCUT2D eigenvalue weighted by atomic mass is 35.5. The predicted molar refractivity (Wildman–Crippen MR) is 101 cm³/mol. The molecule has 4 nitrogen and oxygen atoms in total. The number of rotatable bonds is 1. The summed E-state index contributed by atoms with van der Waals surface area (Å²) in [4.78, 5) is 16.7. The van der Waals surface area contributed by atoms with Gasteiger partial charge in [0.2, 0.25) is 0 Å². The number of hydrogen-bond donors (Lipinski definition) is 0. The van der Waals surface area contributed by atoms with Crippen LogP contribution in [-0.4, -0.2) is 42.3 Å². The SMILES string of the molecule is CC(C)(C)OC(=O)N1CCC(N2CC3(CC3)c3cc(Cl)ccc32)CC1. The van der Waals surface area contributed by atoms with Crippen molar-refractivity contribution < 1.29 is 9.53 Å². The molecule has 3 aliphatic rings. The highest BCUT2D eigenvalue weighted by molar-refractivity contribution is 6.30. The quantitative estimate of drug-likeness (QED) is 0.732. The lowest BCUT2D eigenvalue weighted by molar-refractivity contribution is 0.0204. The second kappa shape index (κ2) is 5.80. The number of piperidine rings is 1. The maximum atomic E-state index is 12.3. The monoisotopic (exact) mass is 362 g/mol. The number of amides is 1. The van der Waals surface area contributed by atoms with Crippen molar-refractivity contribution in [2.75, 3.05) is 24.5 Å². The number of nitrogens with zero attached hydrogens (tertiary/aromatic N) is 2. The maximum absolute atomic E-state index is 12.3. The Morgan fingerprint density at radius 2 is 1.92 bits per heavy atom. The summed E-state index contributed by atoms with van der Waals surface area (Å²) in [6.07, 6.45) is 4.36. The number of carbonyl (C=O) groups excluding carboxylic acids is 1. The lowest BCUT2D eigenvalue weighted by atomic mass is 9.99. The molecule has 0 radical (unpaired) electrons. The molecule has 4 rings (SSSR count). The van der Waals surface area contributed by atoms with Crippen molar-refractivity contribution in [1.29, 1.82) is 0 Å². The Morgan fingerprint density at radius 3 is 2.52 bits per heavy atom. The third kappa shape index (κ3) is 3.21. The van der Waals surface area contributed by atoms with Crippen LogP contribution >= 0.6 is 11.6 Å².